The predicted octanol–water partition coefficient (Wildman–Crippen LogP) is 4.01. The summed E-state index contributed by atoms with van der Waals surface area (Å²) in [5.74, 6) is 0.327. The molecule has 0 aromatic heterocycles. The van der Waals surface area contributed by atoms with E-state index in [4.69, 9.17) is 11.6 Å². The molecule has 2 atom stereocenters. The number of anilines is 1. The molecule has 106 valence electrons. The SMILES string of the molecule is CCN1CCCC(C(C)Nc2ccc(F)cc2Cl)C1. The van der Waals surface area contributed by atoms with Crippen molar-refractivity contribution in [2.75, 3.05) is 25.0 Å². The normalized spacial score (nSPS) is 22.2. The lowest BCUT2D eigenvalue weighted by atomic mass is 9.91. The minimum absolute atomic E-state index is 0.293. The van der Waals surface area contributed by atoms with Crippen LogP contribution < -0.4 is 5.32 Å². The highest BCUT2D eigenvalue weighted by Gasteiger charge is 2.24. The molecule has 0 amide bonds. The number of nitrogens with one attached hydrogen (secondary N) is 1. The van der Waals surface area contributed by atoms with Crippen molar-refractivity contribution in [3.63, 3.8) is 0 Å². The van der Waals surface area contributed by atoms with E-state index in [9.17, 15) is 4.39 Å². The summed E-state index contributed by atoms with van der Waals surface area (Å²) in [6.07, 6.45) is 2.49. The molecule has 0 bridgehead atoms. The first kappa shape index (κ1) is 14.6. The summed E-state index contributed by atoms with van der Waals surface area (Å²) >= 11 is 6.06. The number of benzene rings is 1. The molecule has 2 unspecified atom stereocenters. The van der Waals surface area contributed by atoms with Gasteiger partial charge in [0, 0.05) is 12.6 Å². The lowest BCUT2D eigenvalue weighted by Gasteiger charge is -2.35. The van der Waals surface area contributed by atoms with Crippen LogP contribution in [0.5, 0.6) is 0 Å². The monoisotopic (exact) mass is 284 g/mol. The molecule has 0 radical (unpaired) electrons. The Morgan fingerprint density at radius 3 is 3.00 bits per heavy atom. The highest BCUT2D eigenvalue weighted by Crippen LogP contribution is 2.27. The number of hydrogen-bond acceptors (Lipinski definition) is 2. The molecule has 1 aliphatic heterocycles. The van der Waals surface area contributed by atoms with E-state index in [-0.39, 0.29) is 5.82 Å². The van der Waals surface area contributed by atoms with Gasteiger partial charge in [-0.2, -0.15) is 0 Å². The van der Waals surface area contributed by atoms with E-state index in [0.29, 0.717) is 17.0 Å². The molecular formula is C15H22ClFN2. The van der Waals surface area contributed by atoms with Crippen LogP contribution in [0.25, 0.3) is 0 Å². The zero-order chi connectivity index (χ0) is 13.8. The molecule has 0 saturated carbocycles. The Labute approximate surface area is 119 Å². The second-order valence-electron chi connectivity index (χ2n) is 5.35. The van der Waals surface area contributed by atoms with E-state index in [1.54, 1.807) is 6.07 Å². The summed E-state index contributed by atoms with van der Waals surface area (Å²) < 4.78 is 13.0. The fourth-order valence-corrected chi connectivity index (χ4v) is 2.98. The van der Waals surface area contributed by atoms with Crippen LogP contribution in [0.3, 0.4) is 0 Å². The van der Waals surface area contributed by atoms with Crippen molar-refractivity contribution in [2.24, 2.45) is 5.92 Å². The van der Waals surface area contributed by atoms with Crippen molar-refractivity contribution in [1.82, 2.24) is 4.90 Å². The van der Waals surface area contributed by atoms with Crippen LogP contribution in [0.2, 0.25) is 5.02 Å². The molecule has 1 saturated heterocycles. The van der Waals surface area contributed by atoms with Gasteiger partial charge >= 0.3 is 0 Å². The van der Waals surface area contributed by atoms with Gasteiger partial charge in [0.15, 0.2) is 0 Å². The molecule has 19 heavy (non-hydrogen) atoms. The average Bonchev–Trinajstić information content (AvgIpc) is 2.42. The maximum absolute atomic E-state index is 13.0. The standard InChI is InChI=1S/C15H22ClFN2/c1-3-19-8-4-5-12(10-19)11(2)18-15-7-6-13(17)9-14(15)16/h6-7,9,11-12,18H,3-5,8,10H2,1-2H3. The molecule has 0 spiro atoms. The van der Waals surface area contributed by atoms with Crippen LogP contribution in [-0.4, -0.2) is 30.6 Å². The third-order valence-corrected chi connectivity index (χ3v) is 4.32. The summed E-state index contributed by atoms with van der Waals surface area (Å²) in [5.41, 5.74) is 0.823. The zero-order valence-electron chi connectivity index (χ0n) is 11.6. The Kier molecular flexibility index (Phi) is 5.06. The van der Waals surface area contributed by atoms with Crippen LogP contribution >= 0.6 is 11.6 Å². The summed E-state index contributed by atoms with van der Waals surface area (Å²) in [6.45, 7) is 7.84. The van der Waals surface area contributed by atoms with Gasteiger partial charge in [0.1, 0.15) is 5.82 Å². The summed E-state index contributed by atoms with van der Waals surface area (Å²) in [7, 11) is 0. The van der Waals surface area contributed by atoms with Crippen molar-refractivity contribution in [3.05, 3.63) is 29.0 Å². The second-order valence-corrected chi connectivity index (χ2v) is 5.76. The number of piperidine rings is 1. The van der Waals surface area contributed by atoms with Gasteiger partial charge in [-0.3, -0.25) is 0 Å². The van der Waals surface area contributed by atoms with Gasteiger partial charge in [-0.05, 0) is 57.0 Å². The lowest BCUT2D eigenvalue weighted by Crippen LogP contribution is -2.41. The summed E-state index contributed by atoms with van der Waals surface area (Å²) in [4.78, 5) is 2.48. The predicted molar refractivity (Wildman–Crippen MR) is 79.3 cm³/mol. The molecule has 4 heteroatoms. The number of nitrogens with zero attached hydrogens (tertiary/aromatic N) is 1. The van der Waals surface area contributed by atoms with Gasteiger partial charge in [0.2, 0.25) is 0 Å². The maximum atomic E-state index is 13.0. The Balaban J connectivity index is 1.98. The molecule has 2 rings (SSSR count). The van der Waals surface area contributed by atoms with Gasteiger partial charge < -0.3 is 10.2 Å². The van der Waals surface area contributed by atoms with Crippen LogP contribution in [0, 0.1) is 11.7 Å². The quantitative estimate of drug-likeness (QED) is 0.899. The molecule has 1 N–H and O–H groups in total. The second kappa shape index (κ2) is 6.58. The lowest BCUT2D eigenvalue weighted by molar-refractivity contribution is 0.172. The number of likely N-dealkylation sites (tertiary alicyclic amines) is 1. The summed E-state index contributed by atoms with van der Waals surface area (Å²) in [5, 5.41) is 3.88. The van der Waals surface area contributed by atoms with Crippen molar-refractivity contribution in [1.29, 1.82) is 0 Å². The smallest absolute Gasteiger partial charge is 0.124 e. The van der Waals surface area contributed by atoms with Crippen LogP contribution in [0.1, 0.15) is 26.7 Å². The van der Waals surface area contributed by atoms with Gasteiger partial charge in [-0.15, -0.1) is 0 Å². The largest absolute Gasteiger partial charge is 0.381 e. The van der Waals surface area contributed by atoms with Gasteiger partial charge in [0.25, 0.3) is 0 Å². The van der Waals surface area contributed by atoms with Crippen molar-refractivity contribution in [2.45, 2.75) is 32.7 Å². The Hall–Kier alpha value is -0.800. The fraction of sp³-hybridized carbons (Fsp3) is 0.600. The van der Waals surface area contributed by atoms with Crippen molar-refractivity contribution in [3.8, 4) is 0 Å². The first-order chi connectivity index (χ1) is 9.10. The minimum Gasteiger partial charge on any atom is -0.381 e. The van der Waals surface area contributed by atoms with Crippen LogP contribution in [0.15, 0.2) is 18.2 Å². The van der Waals surface area contributed by atoms with Crippen LogP contribution in [-0.2, 0) is 0 Å². The molecule has 1 aromatic rings. The Morgan fingerprint density at radius 2 is 2.32 bits per heavy atom. The van der Waals surface area contributed by atoms with E-state index >= 15 is 0 Å². The highest BCUT2D eigenvalue weighted by atomic mass is 35.5. The number of hydrogen-bond donors (Lipinski definition) is 1. The highest BCUT2D eigenvalue weighted by molar-refractivity contribution is 6.33. The fourth-order valence-electron chi connectivity index (χ4n) is 2.76. The topological polar surface area (TPSA) is 15.3 Å². The third-order valence-electron chi connectivity index (χ3n) is 4.01. The summed E-state index contributed by atoms with van der Waals surface area (Å²) in [6, 6.07) is 4.86. The Morgan fingerprint density at radius 1 is 1.53 bits per heavy atom. The van der Waals surface area contributed by atoms with Gasteiger partial charge in [0.05, 0.1) is 10.7 Å². The van der Waals surface area contributed by atoms with E-state index < -0.39 is 0 Å². The van der Waals surface area contributed by atoms with Gasteiger partial charge in [-0.1, -0.05) is 18.5 Å². The minimum atomic E-state index is -0.293. The zero-order valence-corrected chi connectivity index (χ0v) is 12.4. The van der Waals surface area contributed by atoms with Gasteiger partial charge in [-0.25, -0.2) is 4.39 Å². The third kappa shape index (κ3) is 3.83. The van der Waals surface area contributed by atoms with Crippen LogP contribution in [0.4, 0.5) is 10.1 Å². The molecule has 2 nitrogen and oxygen atoms in total. The molecule has 1 heterocycles. The van der Waals surface area contributed by atoms with E-state index in [1.165, 1.54) is 31.5 Å². The van der Waals surface area contributed by atoms with Crippen molar-refractivity contribution < 1.29 is 4.39 Å². The molecule has 0 aliphatic carbocycles. The number of rotatable bonds is 4. The molecule has 1 fully saturated rings. The van der Waals surface area contributed by atoms with Crippen molar-refractivity contribution >= 4 is 17.3 Å². The first-order valence-electron chi connectivity index (χ1n) is 7.04. The maximum Gasteiger partial charge on any atom is 0.124 e. The van der Waals surface area contributed by atoms with E-state index in [1.807, 2.05) is 0 Å². The molecular weight excluding hydrogens is 263 g/mol. The molecule has 1 aliphatic rings. The Bertz CT molecular complexity index is 425. The average molecular weight is 285 g/mol. The van der Waals surface area contributed by atoms with E-state index in [2.05, 4.69) is 24.1 Å². The first-order valence-corrected chi connectivity index (χ1v) is 7.42. The number of halogens is 2. The molecule has 1 aromatic carbocycles. The van der Waals surface area contributed by atoms with E-state index in [0.717, 1.165) is 18.8 Å².